The Morgan fingerprint density at radius 1 is 1.50 bits per heavy atom. The Kier molecular flexibility index (Phi) is 3.78. The topological polar surface area (TPSA) is 42.2 Å². The van der Waals surface area contributed by atoms with E-state index in [0.717, 1.165) is 12.4 Å². The van der Waals surface area contributed by atoms with Gasteiger partial charge in [0.1, 0.15) is 5.82 Å². The molecule has 2 rings (SSSR count). The van der Waals surface area contributed by atoms with Crippen molar-refractivity contribution in [3.8, 4) is 0 Å². The van der Waals surface area contributed by atoms with Crippen molar-refractivity contribution >= 4 is 5.82 Å². The molecule has 2 heterocycles. The van der Waals surface area contributed by atoms with Crippen LogP contribution in [-0.2, 0) is 6.54 Å². The second kappa shape index (κ2) is 5.30. The van der Waals surface area contributed by atoms with Crippen LogP contribution in [-0.4, -0.2) is 17.6 Å². The first-order chi connectivity index (χ1) is 7.86. The largest absolute Gasteiger partial charge is 0.353 e. The fourth-order valence-corrected chi connectivity index (χ4v) is 2.55. The highest BCUT2D eigenvalue weighted by molar-refractivity contribution is 5.48. The Balaban J connectivity index is 2.26. The minimum atomic E-state index is 0.579. The summed E-state index contributed by atoms with van der Waals surface area (Å²) < 4.78 is 0. The summed E-state index contributed by atoms with van der Waals surface area (Å²) in [5.41, 5.74) is 6.95. The Labute approximate surface area is 97.7 Å². The SMILES string of the molecule is CC[C@@H]1CCCCN1c1ncccc1CN. The van der Waals surface area contributed by atoms with Crippen LogP contribution in [0.4, 0.5) is 5.82 Å². The summed E-state index contributed by atoms with van der Waals surface area (Å²) in [7, 11) is 0. The molecule has 0 saturated carbocycles. The third kappa shape index (κ3) is 2.19. The molecule has 1 aromatic rings. The second-order valence-corrected chi connectivity index (χ2v) is 4.44. The molecule has 3 nitrogen and oxygen atoms in total. The van der Waals surface area contributed by atoms with Gasteiger partial charge in [0.2, 0.25) is 0 Å². The highest BCUT2D eigenvalue weighted by atomic mass is 15.2. The third-order valence-corrected chi connectivity index (χ3v) is 3.46. The van der Waals surface area contributed by atoms with Gasteiger partial charge in [0.05, 0.1) is 0 Å². The van der Waals surface area contributed by atoms with Crippen LogP contribution in [0, 0.1) is 0 Å². The van der Waals surface area contributed by atoms with Crippen molar-refractivity contribution in [1.29, 1.82) is 0 Å². The predicted molar refractivity (Wildman–Crippen MR) is 67.4 cm³/mol. The minimum Gasteiger partial charge on any atom is -0.353 e. The Bertz CT molecular complexity index is 338. The van der Waals surface area contributed by atoms with Crippen molar-refractivity contribution in [2.24, 2.45) is 5.73 Å². The number of hydrogen-bond acceptors (Lipinski definition) is 3. The van der Waals surface area contributed by atoms with Gasteiger partial charge in [-0.25, -0.2) is 4.98 Å². The highest BCUT2D eigenvalue weighted by Gasteiger charge is 2.23. The zero-order valence-corrected chi connectivity index (χ0v) is 10.0. The van der Waals surface area contributed by atoms with E-state index >= 15 is 0 Å². The van der Waals surface area contributed by atoms with Gasteiger partial charge in [0.15, 0.2) is 0 Å². The fourth-order valence-electron chi connectivity index (χ4n) is 2.55. The van der Waals surface area contributed by atoms with Crippen LogP contribution in [0.5, 0.6) is 0 Å². The van der Waals surface area contributed by atoms with Gasteiger partial charge in [-0.15, -0.1) is 0 Å². The lowest BCUT2D eigenvalue weighted by atomic mass is 9.99. The van der Waals surface area contributed by atoms with E-state index in [9.17, 15) is 0 Å². The zero-order chi connectivity index (χ0) is 11.4. The van der Waals surface area contributed by atoms with Crippen molar-refractivity contribution in [2.45, 2.75) is 45.2 Å². The van der Waals surface area contributed by atoms with E-state index in [4.69, 9.17) is 5.73 Å². The molecule has 0 radical (unpaired) electrons. The lowest BCUT2D eigenvalue weighted by Crippen LogP contribution is -2.40. The molecule has 1 aliphatic rings. The average Bonchev–Trinajstić information content (AvgIpc) is 2.38. The van der Waals surface area contributed by atoms with Crippen molar-refractivity contribution in [3.63, 3.8) is 0 Å². The van der Waals surface area contributed by atoms with Gasteiger partial charge in [-0.2, -0.15) is 0 Å². The van der Waals surface area contributed by atoms with E-state index in [1.54, 1.807) is 0 Å². The molecule has 0 bridgehead atoms. The molecule has 1 fully saturated rings. The highest BCUT2D eigenvalue weighted by Crippen LogP contribution is 2.27. The molecule has 3 heteroatoms. The number of pyridine rings is 1. The maximum Gasteiger partial charge on any atom is 0.133 e. The average molecular weight is 219 g/mol. The van der Waals surface area contributed by atoms with E-state index < -0.39 is 0 Å². The molecule has 0 aliphatic carbocycles. The lowest BCUT2D eigenvalue weighted by Gasteiger charge is -2.37. The third-order valence-electron chi connectivity index (χ3n) is 3.46. The molecule has 1 aliphatic heterocycles. The first-order valence-electron chi connectivity index (χ1n) is 6.27. The van der Waals surface area contributed by atoms with Crippen molar-refractivity contribution < 1.29 is 0 Å². The van der Waals surface area contributed by atoms with Crippen molar-refractivity contribution in [2.75, 3.05) is 11.4 Å². The second-order valence-electron chi connectivity index (χ2n) is 4.44. The summed E-state index contributed by atoms with van der Waals surface area (Å²) in [6.07, 6.45) is 6.98. The number of piperidine rings is 1. The summed E-state index contributed by atoms with van der Waals surface area (Å²) in [6, 6.07) is 4.70. The monoisotopic (exact) mass is 219 g/mol. The number of hydrogen-bond donors (Lipinski definition) is 1. The predicted octanol–water partition coefficient (Wildman–Crippen LogP) is 2.31. The molecular formula is C13H21N3. The molecule has 1 atom stereocenters. The molecule has 1 saturated heterocycles. The van der Waals surface area contributed by atoms with Crippen LogP contribution in [0.2, 0.25) is 0 Å². The number of nitrogens with two attached hydrogens (primary N) is 1. The Morgan fingerprint density at radius 3 is 3.12 bits per heavy atom. The van der Waals surface area contributed by atoms with Gasteiger partial charge in [0, 0.05) is 30.9 Å². The Hall–Kier alpha value is -1.09. The van der Waals surface area contributed by atoms with Gasteiger partial charge >= 0.3 is 0 Å². The summed E-state index contributed by atoms with van der Waals surface area (Å²) in [5.74, 6) is 1.11. The molecule has 2 N–H and O–H groups in total. The molecule has 16 heavy (non-hydrogen) atoms. The van der Waals surface area contributed by atoms with Gasteiger partial charge < -0.3 is 10.6 Å². The fraction of sp³-hybridized carbons (Fsp3) is 0.615. The molecule has 0 aromatic carbocycles. The summed E-state index contributed by atoms with van der Waals surface area (Å²) >= 11 is 0. The molecule has 0 amide bonds. The summed E-state index contributed by atoms with van der Waals surface area (Å²) in [5, 5.41) is 0. The maximum atomic E-state index is 5.78. The van der Waals surface area contributed by atoms with E-state index in [2.05, 4.69) is 22.9 Å². The summed E-state index contributed by atoms with van der Waals surface area (Å²) in [4.78, 5) is 6.97. The van der Waals surface area contributed by atoms with Crippen molar-refractivity contribution in [1.82, 2.24) is 4.98 Å². The van der Waals surface area contributed by atoms with Crippen LogP contribution in [0.1, 0.15) is 38.2 Å². The Morgan fingerprint density at radius 2 is 2.38 bits per heavy atom. The van der Waals surface area contributed by atoms with E-state index in [1.807, 2.05) is 12.3 Å². The molecule has 0 unspecified atom stereocenters. The lowest BCUT2D eigenvalue weighted by molar-refractivity contribution is 0.446. The molecule has 0 spiro atoms. The molecule has 88 valence electrons. The normalized spacial score (nSPS) is 21.1. The number of anilines is 1. The minimum absolute atomic E-state index is 0.579. The van der Waals surface area contributed by atoms with Gasteiger partial charge in [0.25, 0.3) is 0 Å². The van der Waals surface area contributed by atoms with Crippen LogP contribution < -0.4 is 10.6 Å². The number of rotatable bonds is 3. The van der Waals surface area contributed by atoms with Crippen LogP contribution >= 0.6 is 0 Å². The van der Waals surface area contributed by atoms with Gasteiger partial charge in [-0.3, -0.25) is 0 Å². The number of aromatic nitrogens is 1. The number of nitrogens with zero attached hydrogens (tertiary/aromatic N) is 2. The molecular weight excluding hydrogens is 198 g/mol. The van der Waals surface area contributed by atoms with E-state index in [-0.39, 0.29) is 0 Å². The van der Waals surface area contributed by atoms with E-state index in [1.165, 1.54) is 31.2 Å². The van der Waals surface area contributed by atoms with Crippen LogP contribution in [0.3, 0.4) is 0 Å². The summed E-state index contributed by atoms with van der Waals surface area (Å²) in [6.45, 7) is 3.96. The van der Waals surface area contributed by atoms with Crippen LogP contribution in [0.25, 0.3) is 0 Å². The first-order valence-corrected chi connectivity index (χ1v) is 6.27. The standard InChI is InChI=1S/C13H21N3/c1-2-12-7-3-4-9-16(12)13-11(10-14)6-5-8-15-13/h5-6,8,12H,2-4,7,9-10,14H2,1H3/t12-/m1/s1. The smallest absolute Gasteiger partial charge is 0.133 e. The van der Waals surface area contributed by atoms with E-state index in [0.29, 0.717) is 12.6 Å². The quantitative estimate of drug-likeness (QED) is 0.848. The zero-order valence-electron chi connectivity index (χ0n) is 10.0. The molecule has 1 aromatic heterocycles. The van der Waals surface area contributed by atoms with Gasteiger partial charge in [-0.1, -0.05) is 13.0 Å². The van der Waals surface area contributed by atoms with Crippen LogP contribution in [0.15, 0.2) is 18.3 Å². The first kappa shape index (κ1) is 11.4. The van der Waals surface area contributed by atoms with Crippen molar-refractivity contribution in [3.05, 3.63) is 23.9 Å². The maximum absolute atomic E-state index is 5.78. The van der Waals surface area contributed by atoms with Gasteiger partial charge in [-0.05, 0) is 31.7 Å².